The second kappa shape index (κ2) is 8.39. The van der Waals surface area contributed by atoms with Crippen LogP contribution >= 0.6 is 0 Å². The molecule has 0 unspecified atom stereocenters. The van der Waals surface area contributed by atoms with Gasteiger partial charge in [0.1, 0.15) is 5.60 Å². The van der Waals surface area contributed by atoms with Crippen molar-refractivity contribution in [1.82, 2.24) is 14.8 Å². The Balaban J connectivity index is 1.09. The lowest BCUT2D eigenvalue weighted by Gasteiger charge is -2.63. The standard InChI is InChI=1S/C38H40N4O7/c39-15-26(45)42-10-8-36-28-19-4-6-23(44)32(28)49-34(36)30-21(14-38(36,47)25(42)12-19)20-13-37(46)24-11-18-3-5-22(43)31-27(18)35(37,33(48-31)29(20)40-30)7-9-41(24)16-17-1-2-17/h3-6,17,24-25,33-34,40,43-44,46-47H,1-2,7-16,39H2/t24-,25-,33+,34+,35+,36+,37-,38-/m1/s1. The number of nitrogens with zero attached hydrogens (tertiary/aromatic N) is 2. The number of amides is 1. The first-order chi connectivity index (χ1) is 23.6. The number of likely N-dealkylation sites (tertiary alicyclic amines) is 2. The number of benzene rings is 2. The molecule has 3 aromatic rings. The Morgan fingerprint density at radius 3 is 1.96 bits per heavy atom. The first kappa shape index (κ1) is 28.0. The van der Waals surface area contributed by atoms with Gasteiger partial charge in [-0.1, -0.05) is 12.1 Å². The number of H-pyrrole nitrogens is 1. The molecule has 5 aliphatic carbocycles. The Morgan fingerprint density at radius 2 is 1.39 bits per heavy atom. The molecular formula is C38H40N4O7. The number of nitrogens with one attached hydrogen (secondary N) is 1. The second-order valence-electron chi connectivity index (χ2n) is 16.6. The van der Waals surface area contributed by atoms with Crippen molar-refractivity contribution < 1.29 is 34.7 Å². The van der Waals surface area contributed by atoms with Crippen molar-refractivity contribution in [2.24, 2.45) is 11.7 Å². The topological polar surface area (TPSA) is 165 Å². The van der Waals surface area contributed by atoms with Crippen LogP contribution in [0.4, 0.5) is 0 Å². The minimum absolute atomic E-state index is 0.0445. The molecule has 5 heterocycles. The molecule has 2 saturated heterocycles. The molecule has 254 valence electrons. The highest BCUT2D eigenvalue weighted by molar-refractivity contribution is 5.80. The zero-order valence-corrected chi connectivity index (χ0v) is 27.2. The SMILES string of the molecule is NCC(=O)N1CC[C@]23c4c5ccc(O)c4O[C@H]2c2[nH]c4c(c2C[C@@]3(O)[C@H]1C5)C[C@@]1(O)[C@H]2Cc3ccc(O)c5c3[C@@]1(CCN2CC1CC1)[C@H]4O5. The Hall–Kier alpha value is -3.77. The summed E-state index contributed by atoms with van der Waals surface area (Å²) in [5, 5.41) is 49.1. The van der Waals surface area contributed by atoms with E-state index in [1.165, 1.54) is 12.8 Å². The number of phenolic OH excluding ortho intramolecular Hbond substituents is 2. The lowest BCUT2D eigenvalue weighted by Crippen LogP contribution is -2.75. The van der Waals surface area contributed by atoms with Crippen molar-refractivity contribution in [3.05, 3.63) is 69.0 Å². The van der Waals surface area contributed by atoms with Crippen LogP contribution in [0.25, 0.3) is 0 Å². The number of aliphatic hydroxyl groups is 2. The predicted molar refractivity (Wildman–Crippen MR) is 174 cm³/mol. The van der Waals surface area contributed by atoms with Gasteiger partial charge in [0.05, 0.1) is 40.4 Å². The fourth-order valence-electron chi connectivity index (χ4n) is 12.8. The Bertz CT molecular complexity index is 2080. The van der Waals surface area contributed by atoms with Crippen LogP contribution in [0.2, 0.25) is 0 Å². The fourth-order valence-corrected chi connectivity index (χ4v) is 12.8. The maximum absolute atomic E-state index is 13.4. The molecule has 11 nitrogen and oxygen atoms in total. The molecule has 0 radical (unpaired) electrons. The molecule has 1 aromatic heterocycles. The first-order valence-electron chi connectivity index (χ1n) is 18.1. The summed E-state index contributed by atoms with van der Waals surface area (Å²) in [6, 6.07) is 6.66. The van der Waals surface area contributed by atoms with Crippen LogP contribution < -0.4 is 15.2 Å². The number of fused-ring (bicyclic) bond motifs is 5. The van der Waals surface area contributed by atoms with E-state index in [1.807, 2.05) is 12.1 Å². The van der Waals surface area contributed by atoms with Crippen molar-refractivity contribution in [3.8, 4) is 23.0 Å². The highest BCUT2D eigenvalue weighted by Crippen LogP contribution is 2.72. The van der Waals surface area contributed by atoms with Gasteiger partial charge in [-0.05, 0) is 85.4 Å². The monoisotopic (exact) mass is 664 g/mol. The highest BCUT2D eigenvalue weighted by Gasteiger charge is 2.76. The van der Waals surface area contributed by atoms with Crippen molar-refractivity contribution in [2.75, 3.05) is 26.2 Å². The molecule has 12 rings (SSSR count). The largest absolute Gasteiger partial charge is 0.504 e. The zero-order chi connectivity index (χ0) is 33.0. The molecule has 11 heteroatoms. The van der Waals surface area contributed by atoms with E-state index < -0.39 is 40.3 Å². The molecular weight excluding hydrogens is 624 g/mol. The van der Waals surface area contributed by atoms with E-state index in [1.54, 1.807) is 17.0 Å². The van der Waals surface area contributed by atoms with Crippen LogP contribution in [0, 0.1) is 5.92 Å². The van der Waals surface area contributed by atoms with Gasteiger partial charge in [-0.15, -0.1) is 0 Å². The van der Waals surface area contributed by atoms with Crippen molar-refractivity contribution in [3.63, 3.8) is 0 Å². The van der Waals surface area contributed by atoms with Gasteiger partial charge in [-0.25, -0.2) is 0 Å². The van der Waals surface area contributed by atoms with E-state index in [4.69, 9.17) is 15.2 Å². The zero-order valence-electron chi connectivity index (χ0n) is 27.2. The third-order valence-corrected chi connectivity index (χ3v) is 14.9. The number of carbonyl (C=O) groups excluding carboxylic acids is 1. The van der Waals surface area contributed by atoms with Gasteiger partial charge in [0.2, 0.25) is 5.91 Å². The average Bonchev–Trinajstić information content (AvgIpc) is 3.58. The average molecular weight is 665 g/mol. The molecule has 8 atom stereocenters. The Morgan fingerprint density at radius 1 is 0.837 bits per heavy atom. The number of carbonyl (C=O) groups is 1. The molecule has 1 amide bonds. The lowest BCUT2D eigenvalue weighted by molar-refractivity contribution is -0.182. The number of piperidine rings is 2. The molecule has 2 aromatic carbocycles. The number of ether oxygens (including phenoxy) is 2. The number of phenols is 2. The third kappa shape index (κ3) is 2.82. The maximum atomic E-state index is 13.4. The minimum atomic E-state index is -1.40. The second-order valence-corrected chi connectivity index (χ2v) is 16.6. The van der Waals surface area contributed by atoms with Gasteiger partial charge in [-0.2, -0.15) is 0 Å². The molecule has 1 saturated carbocycles. The van der Waals surface area contributed by atoms with Gasteiger partial charge in [0.25, 0.3) is 0 Å². The first-order valence-corrected chi connectivity index (χ1v) is 18.1. The van der Waals surface area contributed by atoms with Gasteiger partial charge in [-0.3, -0.25) is 9.69 Å². The predicted octanol–water partition coefficient (Wildman–Crippen LogP) is 1.90. The Kier molecular flexibility index (Phi) is 4.79. The van der Waals surface area contributed by atoms with Crippen LogP contribution in [-0.4, -0.2) is 90.6 Å². The van der Waals surface area contributed by atoms with E-state index >= 15 is 0 Å². The molecule has 4 bridgehead atoms. The summed E-state index contributed by atoms with van der Waals surface area (Å²) in [5.41, 5.74) is 9.20. The Labute approximate surface area is 282 Å². The summed E-state index contributed by atoms with van der Waals surface area (Å²) in [4.78, 5) is 21.4. The highest BCUT2D eigenvalue weighted by atomic mass is 16.5. The van der Waals surface area contributed by atoms with E-state index in [0.29, 0.717) is 56.1 Å². The van der Waals surface area contributed by atoms with Crippen molar-refractivity contribution >= 4 is 5.91 Å². The number of aromatic nitrogens is 1. The molecule has 49 heavy (non-hydrogen) atoms. The van der Waals surface area contributed by atoms with E-state index in [2.05, 4.69) is 9.88 Å². The van der Waals surface area contributed by atoms with Crippen LogP contribution in [-0.2, 0) is 41.3 Å². The van der Waals surface area contributed by atoms with Gasteiger partial charge < -0.3 is 45.5 Å². The molecule has 7 N–H and O–H groups in total. The van der Waals surface area contributed by atoms with Crippen molar-refractivity contribution in [1.29, 1.82) is 0 Å². The van der Waals surface area contributed by atoms with Gasteiger partial charge in [0.15, 0.2) is 35.2 Å². The number of aromatic amines is 1. The minimum Gasteiger partial charge on any atom is -0.504 e. The van der Waals surface area contributed by atoms with Crippen molar-refractivity contribution in [2.45, 2.75) is 97.7 Å². The van der Waals surface area contributed by atoms with Crippen LogP contribution in [0.1, 0.15) is 82.7 Å². The van der Waals surface area contributed by atoms with Crippen LogP contribution in [0.3, 0.4) is 0 Å². The number of rotatable bonds is 3. The summed E-state index contributed by atoms with van der Waals surface area (Å²) in [5.74, 6) is 1.51. The molecule has 9 aliphatic rings. The fraction of sp³-hybridized carbons (Fsp3) is 0.553. The maximum Gasteiger partial charge on any atom is 0.236 e. The van der Waals surface area contributed by atoms with E-state index in [0.717, 1.165) is 57.9 Å². The molecule has 4 aliphatic heterocycles. The van der Waals surface area contributed by atoms with E-state index in [-0.39, 0.29) is 36.4 Å². The quantitative estimate of drug-likeness (QED) is 0.245. The smallest absolute Gasteiger partial charge is 0.236 e. The number of hydrogen-bond donors (Lipinski definition) is 6. The summed E-state index contributed by atoms with van der Waals surface area (Å²) in [6.45, 7) is 2.12. The van der Waals surface area contributed by atoms with Crippen LogP contribution in [0.15, 0.2) is 24.3 Å². The van der Waals surface area contributed by atoms with E-state index in [9.17, 15) is 25.2 Å². The normalized spacial score (nSPS) is 39.4. The molecule has 3 fully saturated rings. The summed E-state index contributed by atoms with van der Waals surface area (Å²) >= 11 is 0. The number of hydrogen-bond acceptors (Lipinski definition) is 9. The lowest BCUT2D eigenvalue weighted by atomic mass is 9.47. The number of nitrogens with two attached hydrogens (primary N) is 1. The van der Waals surface area contributed by atoms with Crippen LogP contribution in [0.5, 0.6) is 23.0 Å². The summed E-state index contributed by atoms with van der Waals surface area (Å²) in [7, 11) is 0. The van der Waals surface area contributed by atoms with Gasteiger partial charge >= 0.3 is 0 Å². The molecule has 2 spiro atoms. The summed E-state index contributed by atoms with van der Waals surface area (Å²) in [6.07, 6.45) is 4.18. The van der Waals surface area contributed by atoms with Gasteiger partial charge in [0, 0.05) is 43.1 Å². The number of aromatic hydroxyl groups is 2. The third-order valence-electron chi connectivity index (χ3n) is 14.9. The summed E-state index contributed by atoms with van der Waals surface area (Å²) < 4.78 is 13.7.